The molecule has 2 N–H and O–H groups in total. The molecule has 0 saturated carbocycles. The van der Waals surface area contributed by atoms with E-state index in [9.17, 15) is 9.90 Å². The van der Waals surface area contributed by atoms with Crippen LogP contribution in [0.15, 0.2) is 36.4 Å². The van der Waals surface area contributed by atoms with Crippen molar-refractivity contribution in [2.45, 2.75) is 26.4 Å². The van der Waals surface area contributed by atoms with Gasteiger partial charge in [0.15, 0.2) is 23.0 Å². The van der Waals surface area contributed by atoms with Gasteiger partial charge in [-0.25, -0.2) is 0 Å². The van der Waals surface area contributed by atoms with Gasteiger partial charge in [0.25, 0.3) is 5.91 Å². The molecular formula is C24H33NO7. The van der Waals surface area contributed by atoms with Crippen LogP contribution in [0.25, 0.3) is 0 Å². The molecule has 0 saturated heterocycles. The fourth-order valence-corrected chi connectivity index (χ4v) is 2.84. The summed E-state index contributed by atoms with van der Waals surface area (Å²) in [6.45, 7) is 4.78. The Labute approximate surface area is 189 Å². The Kier molecular flexibility index (Phi) is 9.94. The molecule has 0 radical (unpaired) electrons. The maximum absolute atomic E-state index is 12.5. The molecule has 0 spiro atoms. The molecule has 2 rings (SSSR count). The number of carbonyl (C=O) groups excluding carboxylic acids is 1. The summed E-state index contributed by atoms with van der Waals surface area (Å²) in [7, 11) is 4.57. The third-order valence-corrected chi connectivity index (χ3v) is 4.68. The van der Waals surface area contributed by atoms with Crippen molar-refractivity contribution in [1.29, 1.82) is 0 Å². The van der Waals surface area contributed by atoms with E-state index < -0.39 is 6.10 Å². The van der Waals surface area contributed by atoms with E-state index in [1.807, 2.05) is 0 Å². The number of ether oxygens (including phenoxy) is 5. The van der Waals surface area contributed by atoms with Gasteiger partial charge in [0.05, 0.1) is 27.9 Å². The van der Waals surface area contributed by atoms with E-state index in [1.54, 1.807) is 36.4 Å². The lowest BCUT2D eigenvalue weighted by Gasteiger charge is -2.17. The summed E-state index contributed by atoms with van der Waals surface area (Å²) >= 11 is 0. The van der Waals surface area contributed by atoms with Gasteiger partial charge in [-0.15, -0.1) is 0 Å². The number of rotatable bonds is 13. The van der Waals surface area contributed by atoms with E-state index in [4.69, 9.17) is 23.7 Å². The summed E-state index contributed by atoms with van der Waals surface area (Å²) in [4.78, 5) is 12.5. The average molecular weight is 448 g/mol. The maximum Gasteiger partial charge on any atom is 0.251 e. The Balaban J connectivity index is 1.90. The van der Waals surface area contributed by atoms with Crippen molar-refractivity contribution in [2.24, 2.45) is 5.92 Å². The number of benzene rings is 2. The molecular weight excluding hydrogens is 414 g/mol. The summed E-state index contributed by atoms with van der Waals surface area (Å²) in [6, 6.07) is 10.2. The van der Waals surface area contributed by atoms with Crippen molar-refractivity contribution in [3.8, 4) is 28.7 Å². The minimum Gasteiger partial charge on any atom is -0.493 e. The lowest BCUT2D eigenvalue weighted by atomic mass is 10.1. The summed E-state index contributed by atoms with van der Waals surface area (Å²) in [6.07, 6.45) is -0.0133. The highest BCUT2D eigenvalue weighted by atomic mass is 16.5. The van der Waals surface area contributed by atoms with Crippen LogP contribution in [0.5, 0.6) is 28.7 Å². The number of hydrogen-bond acceptors (Lipinski definition) is 7. The maximum atomic E-state index is 12.5. The normalized spacial score (nSPS) is 11.6. The fraction of sp³-hybridized carbons (Fsp3) is 0.458. The van der Waals surface area contributed by atoms with E-state index in [-0.39, 0.29) is 19.1 Å². The number of para-hydroxylation sites is 1. The van der Waals surface area contributed by atoms with Crippen molar-refractivity contribution in [1.82, 2.24) is 5.32 Å². The number of amides is 1. The van der Waals surface area contributed by atoms with Crippen LogP contribution < -0.4 is 29.0 Å². The Morgan fingerprint density at radius 3 is 2.19 bits per heavy atom. The zero-order chi connectivity index (χ0) is 23.5. The zero-order valence-electron chi connectivity index (χ0n) is 19.3. The van der Waals surface area contributed by atoms with Crippen molar-refractivity contribution in [3.63, 3.8) is 0 Å². The number of nitrogens with one attached hydrogen (secondary N) is 1. The SMILES string of the molecule is COc1cc(C(=O)NCC(O)COc2c(OC)cccc2OC)ccc1OCCC(C)C. The van der Waals surface area contributed by atoms with Crippen LogP contribution in [0.2, 0.25) is 0 Å². The van der Waals surface area contributed by atoms with Crippen LogP contribution >= 0.6 is 0 Å². The van der Waals surface area contributed by atoms with Gasteiger partial charge in [0.1, 0.15) is 12.7 Å². The highest BCUT2D eigenvalue weighted by Crippen LogP contribution is 2.36. The fourth-order valence-electron chi connectivity index (χ4n) is 2.84. The number of hydrogen-bond donors (Lipinski definition) is 2. The van der Waals surface area contributed by atoms with Crippen molar-refractivity contribution in [2.75, 3.05) is 41.1 Å². The number of aliphatic hydroxyl groups excluding tert-OH is 1. The molecule has 0 aromatic heterocycles. The molecule has 0 heterocycles. The van der Waals surface area contributed by atoms with Crippen LogP contribution in [0.1, 0.15) is 30.6 Å². The summed E-state index contributed by atoms with van der Waals surface area (Å²) in [5, 5.41) is 12.9. The number of methoxy groups -OCH3 is 3. The highest BCUT2D eigenvalue weighted by Gasteiger charge is 2.16. The number of carbonyl (C=O) groups is 1. The Morgan fingerprint density at radius 2 is 1.59 bits per heavy atom. The second kappa shape index (κ2) is 12.7. The third-order valence-electron chi connectivity index (χ3n) is 4.68. The van der Waals surface area contributed by atoms with E-state index in [1.165, 1.54) is 21.3 Å². The van der Waals surface area contributed by atoms with Gasteiger partial charge in [0, 0.05) is 12.1 Å². The van der Waals surface area contributed by atoms with Crippen molar-refractivity contribution in [3.05, 3.63) is 42.0 Å². The minimum absolute atomic E-state index is 0.00521. The van der Waals surface area contributed by atoms with Gasteiger partial charge in [0.2, 0.25) is 5.75 Å². The molecule has 0 aliphatic carbocycles. The van der Waals surface area contributed by atoms with Crippen LogP contribution in [0.4, 0.5) is 0 Å². The van der Waals surface area contributed by atoms with Gasteiger partial charge >= 0.3 is 0 Å². The second-order valence-electron chi connectivity index (χ2n) is 7.56. The lowest BCUT2D eigenvalue weighted by Crippen LogP contribution is -2.35. The molecule has 8 heteroatoms. The zero-order valence-corrected chi connectivity index (χ0v) is 19.3. The van der Waals surface area contributed by atoms with Crippen LogP contribution in [0.3, 0.4) is 0 Å². The first kappa shape index (κ1) is 25.1. The first-order valence-corrected chi connectivity index (χ1v) is 10.5. The van der Waals surface area contributed by atoms with Gasteiger partial charge in [-0.3, -0.25) is 4.79 Å². The topological polar surface area (TPSA) is 95.5 Å². The van der Waals surface area contributed by atoms with Gasteiger partial charge in [-0.1, -0.05) is 19.9 Å². The molecule has 1 amide bonds. The molecule has 176 valence electrons. The average Bonchev–Trinajstić information content (AvgIpc) is 2.80. The first-order valence-electron chi connectivity index (χ1n) is 10.5. The monoisotopic (exact) mass is 447 g/mol. The minimum atomic E-state index is -0.936. The Bertz CT molecular complexity index is 847. The second-order valence-corrected chi connectivity index (χ2v) is 7.56. The van der Waals surface area contributed by atoms with Crippen molar-refractivity contribution < 1.29 is 33.6 Å². The Morgan fingerprint density at radius 1 is 0.938 bits per heavy atom. The summed E-state index contributed by atoms with van der Waals surface area (Å²) in [5.41, 5.74) is 0.401. The molecule has 8 nitrogen and oxygen atoms in total. The number of aliphatic hydroxyl groups is 1. The smallest absolute Gasteiger partial charge is 0.251 e. The highest BCUT2D eigenvalue weighted by molar-refractivity contribution is 5.94. The summed E-state index contributed by atoms with van der Waals surface area (Å²) in [5.74, 6) is 2.63. The van der Waals surface area contributed by atoms with Crippen LogP contribution in [-0.4, -0.2) is 58.2 Å². The lowest BCUT2D eigenvalue weighted by molar-refractivity contribution is 0.0833. The van der Waals surface area contributed by atoms with Gasteiger partial charge < -0.3 is 34.1 Å². The van der Waals surface area contributed by atoms with Gasteiger partial charge in [-0.05, 0) is 42.7 Å². The third kappa shape index (κ3) is 7.23. The molecule has 32 heavy (non-hydrogen) atoms. The van der Waals surface area contributed by atoms with Gasteiger partial charge in [-0.2, -0.15) is 0 Å². The largest absolute Gasteiger partial charge is 0.493 e. The quantitative estimate of drug-likeness (QED) is 0.486. The Hall–Kier alpha value is -3.13. The molecule has 0 bridgehead atoms. The molecule has 0 fully saturated rings. The van der Waals surface area contributed by atoms with E-state index in [2.05, 4.69) is 19.2 Å². The molecule has 1 unspecified atom stereocenters. The predicted molar refractivity (Wildman–Crippen MR) is 121 cm³/mol. The molecule has 0 aliphatic heterocycles. The van der Waals surface area contributed by atoms with E-state index in [0.717, 1.165) is 6.42 Å². The van der Waals surface area contributed by atoms with Crippen molar-refractivity contribution >= 4 is 5.91 Å². The molecule has 2 aromatic carbocycles. The predicted octanol–water partition coefficient (Wildman–Crippen LogP) is 3.31. The molecule has 2 aromatic rings. The van der Waals surface area contributed by atoms with E-state index in [0.29, 0.717) is 46.8 Å². The molecule has 1 atom stereocenters. The first-order chi connectivity index (χ1) is 15.4. The molecule has 0 aliphatic rings. The van der Waals surface area contributed by atoms with E-state index >= 15 is 0 Å². The standard InChI is InChI=1S/C24H33NO7/c1-16(2)11-12-31-19-10-9-17(13-22(19)30-5)24(27)25-14-18(26)15-32-23-20(28-3)7-6-8-21(23)29-4/h6-10,13,16,18,26H,11-12,14-15H2,1-5H3,(H,25,27). The van der Waals surface area contributed by atoms with Crippen LogP contribution in [0, 0.1) is 5.92 Å². The summed E-state index contributed by atoms with van der Waals surface area (Å²) < 4.78 is 27.3. The van der Waals surface area contributed by atoms with Crippen LogP contribution in [-0.2, 0) is 0 Å².